The van der Waals surface area contributed by atoms with Gasteiger partial charge in [-0.25, -0.2) is 4.79 Å². The number of rotatable bonds is 4. The fourth-order valence-electron chi connectivity index (χ4n) is 2.22. The third-order valence-electron chi connectivity index (χ3n) is 3.47. The molecule has 18 heavy (non-hydrogen) atoms. The predicted molar refractivity (Wildman–Crippen MR) is 62.5 cm³/mol. The third-order valence-corrected chi connectivity index (χ3v) is 3.47. The summed E-state index contributed by atoms with van der Waals surface area (Å²) >= 11 is 0. The van der Waals surface area contributed by atoms with Crippen molar-refractivity contribution in [3.05, 3.63) is 0 Å². The van der Waals surface area contributed by atoms with Gasteiger partial charge in [0.25, 0.3) is 0 Å². The van der Waals surface area contributed by atoms with E-state index in [0.717, 1.165) is 6.54 Å². The highest BCUT2D eigenvalue weighted by molar-refractivity contribution is 5.79. The molecule has 1 heterocycles. The largest absolute Gasteiger partial charge is 0.461 e. The van der Waals surface area contributed by atoms with Crippen molar-refractivity contribution >= 4 is 5.97 Å². The van der Waals surface area contributed by atoms with E-state index in [-0.39, 0.29) is 19.4 Å². The van der Waals surface area contributed by atoms with Crippen LogP contribution in [0.3, 0.4) is 0 Å². The van der Waals surface area contributed by atoms with Crippen molar-refractivity contribution in [2.45, 2.75) is 44.6 Å². The van der Waals surface area contributed by atoms with Gasteiger partial charge in [0.1, 0.15) is 5.60 Å². The van der Waals surface area contributed by atoms with Gasteiger partial charge in [-0.3, -0.25) is 0 Å². The quantitative estimate of drug-likeness (QED) is 0.781. The van der Waals surface area contributed by atoms with Gasteiger partial charge in [0, 0.05) is 6.54 Å². The number of hydrogen-bond donors (Lipinski definition) is 1. The average Bonchev–Trinajstić information content (AvgIpc) is 2.52. The number of alkyl halides is 2. The molecule has 0 radical (unpaired) electrons. The van der Waals surface area contributed by atoms with Gasteiger partial charge >= 0.3 is 11.9 Å². The monoisotopic (exact) mass is 265 g/mol. The van der Waals surface area contributed by atoms with Crippen LogP contribution in [-0.4, -0.2) is 53.7 Å². The molecule has 1 N–H and O–H groups in total. The first-order chi connectivity index (χ1) is 8.37. The van der Waals surface area contributed by atoms with E-state index in [2.05, 4.69) is 4.74 Å². The standard InChI is InChI=1S/C12H21F2NO3/c1-3-15-8-5-6-11(17,7-9-15)12(13,14)10(16)18-4-2/h17H,3-9H2,1-2H3. The average molecular weight is 265 g/mol. The van der Waals surface area contributed by atoms with E-state index >= 15 is 0 Å². The van der Waals surface area contributed by atoms with Crippen LogP contribution in [0.25, 0.3) is 0 Å². The molecule has 0 aliphatic carbocycles. The van der Waals surface area contributed by atoms with E-state index in [4.69, 9.17) is 0 Å². The lowest BCUT2D eigenvalue weighted by atomic mass is 9.87. The Hall–Kier alpha value is -0.750. The van der Waals surface area contributed by atoms with Crippen molar-refractivity contribution in [2.75, 3.05) is 26.2 Å². The highest BCUT2D eigenvalue weighted by Gasteiger charge is 2.59. The van der Waals surface area contributed by atoms with Crippen LogP contribution < -0.4 is 0 Å². The molecule has 0 saturated carbocycles. The molecule has 6 heteroatoms. The van der Waals surface area contributed by atoms with Crippen LogP contribution in [0.1, 0.15) is 33.1 Å². The second-order valence-electron chi connectivity index (χ2n) is 4.61. The molecule has 0 spiro atoms. The molecule has 4 nitrogen and oxygen atoms in total. The minimum Gasteiger partial charge on any atom is -0.461 e. The van der Waals surface area contributed by atoms with E-state index in [1.807, 2.05) is 11.8 Å². The van der Waals surface area contributed by atoms with Crippen molar-refractivity contribution in [1.29, 1.82) is 0 Å². The number of halogens is 2. The Morgan fingerprint density at radius 3 is 2.61 bits per heavy atom. The van der Waals surface area contributed by atoms with Crippen LogP contribution in [0.5, 0.6) is 0 Å². The summed E-state index contributed by atoms with van der Waals surface area (Å²) in [5.74, 6) is -5.47. The zero-order valence-electron chi connectivity index (χ0n) is 10.9. The van der Waals surface area contributed by atoms with Crippen molar-refractivity contribution in [3.63, 3.8) is 0 Å². The summed E-state index contributed by atoms with van der Waals surface area (Å²) in [5.41, 5.74) is -2.29. The number of carbonyl (C=O) groups is 1. The Morgan fingerprint density at radius 1 is 1.39 bits per heavy atom. The summed E-state index contributed by atoms with van der Waals surface area (Å²) in [4.78, 5) is 13.3. The van der Waals surface area contributed by atoms with E-state index in [1.54, 1.807) is 0 Å². The van der Waals surface area contributed by atoms with Crippen LogP contribution in [0.2, 0.25) is 0 Å². The van der Waals surface area contributed by atoms with Crippen LogP contribution in [0.15, 0.2) is 0 Å². The maximum Gasteiger partial charge on any atom is 0.380 e. The van der Waals surface area contributed by atoms with Crippen LogP contribution in [0, 0.1) is 0 Å². The number of ether oxygens (including phenoxy) is 1. The molecule has 106 valence electrons. The van der Waals surface area contributed by atoms with Crippen molar-refractivity contribution in [3.8, 4) is 0 Å². The Bertz CT molecular complexity index is 299. The highest BCUT2D eigenvalue weighted by Crippen LogP contribution is 2.38. The van der Waals surface area contributed by atoms with E-state index < -0.39 is 17.5 Å². The molecule has 1 fully saturated rings. The highest BCUT2D eigenvalue weighted by atomic mass is 19.3. The first-order valence-electron chi connectivity index (χ1n) is 6.37. The zero-order chi connectivity index (χ0) is 13.8. The first kappa shape index (κ1) is 15.3. The molecule has 0 aromatic carbocycles. The molecule has 1 atom stereocenters. The van der Waals surface area contributed by atoms with Gasteiger partial charge in [0.05, 0.1) is 6.61 Å². The molecule has 0 amide bonds. The fourth-order valence-corrected chi connectivity index (χ4v) is 2.22. The van der Waals surface area contributed by atoms with E-state index in [0.29, 0.717) is 19.5 Å². The Kier molecular flexibility index (Phi) is 5.04. The smallest absolute Gasteiger partial charge is 0.380 e. The molecule has 1 aliphatic heterocycles. The summed E-state index contributed by atoms with van der Waals surface area (Å²) in [6.45, 7) is 5.06. The summed E-state index contributed by atoms with van der Waals surface area (Å²) in [7, 11) is 0. The Balaban J connectivity index is 2.81. The van der Waals surface area contributed by atoms with Gasteiger partial charge < -0.3 is 14.7 Å². The SMILES string of the molecule is CCOC(=O)C(F)(F)C1(O)CCCN(CC)CC1. The van der Waals surface area contributed by atoms with Crippen molar-refractivity contribution < 1.29 is 23.4 Å². The van der Waals surface area contributed by atoms with Gasteiger partial charge in [-0.2, -0.15) is 8.78 Å². The number of nitrogens with zero attached hydrogens (tertiary/aromatic N) is 1. The molecule has 0 aromatic heterocycles. The lowest BCUT2D eigenvalue weighted by molar-refractivity contribution is -0.216. The molecule has 1 saturated heterocycles. The molecule has 1 unspecified atom stereocenters. The molecular formula is C12H21F2NO3. The second kappa shape index (κ2) is 5.93. The zero-order valence-corrected chi connectivity index (χ0v) is 10.9. The number of carbonyl (C=O) groups excluding carboxylic acids is 1. The lowest BCUT2D eigenvalue weighted by Gasteiger charge is -2.33. The molecule has 0 bridgehead atoms. The predicted octanol–water partition coefficient (Wildman–Crippen LogP) is 1.42. The molecule has 1 rings (SSSR count). The van der Waals surface area contributed by atoms with Gasteiger partial charge in [-0.05, 0) is 39.3 Å². The van der Waals surface area contributed by atoms with Crippen LogP contribution in [0.4, 0.5) is 8.78 Å². The number of esters is 1. The van der Waals surface area contributed by atoms with Crippen molar-refractivity contribution in [1.82, 2.24) is 4.90 Å². The van der Waals surface area contributed by atoms with E-state index in [1.165, 1.54) is 6.92 Å². The fraction of sp³-hybridized carbons (Fsp3) is 0.917. The number of aliphatic hydroxyl groups is 1. The van der Waals surface area contributed by atoms with Crippen molar-refractivity contribution in [2.24, 2.45) is 0 Å². The van der Waals surface area contributed by atoms with Gasteiger partial charge in [-0.15, -0.1) is 0 Å². The van der Waals surface area contributed by atoms with Gasteiger partial charge in [0.2, 0.25) is 0 Å². The lowest BCUT2D eigenvalue weighted by Crippen LogP contribution is -2.54. The minimum absolute atomic E-state index is 0.0880. The van der Waals surface area contributed by atoms with Crippen LogP contribution in [-0.2, 0) is 9.53 Å². The maximum absolute atomic E-state index is 13.9. The minimum atomic E-state index is -3.84. The molecular weight excluding hydrogens is 244 g/mol. The summed E-state index contributed by atoms with van der Waals surface area (Å²) in [6, 6.07) is 0. The third kappa shape index (κ3) is 2.98. The summed E-state index contributed by atoms with van der Waals surface area (Å²) < 4.78 is 32.2. The number of likely N-dealkylation sites (tertiary alicyclic amines) is 1. The molecule has 1 aliphatic rings. The maximum atomic E-state index is 13.9. The second-order valence-corrected chi connectivity index (χ2v) is 4.61. The first-order valence-corrected chi connectivity index (χ1v) is 6.37. The topological polar surface area (TPSA) is 49.8 Å². The van der Waals surface area contributed by atoms with Crippen LogP contribution >= 0.6 is 0 Å². The Labute approximate surface area is 106 Å². The summed E-state index contributed by atoms with van der Waals surface area (Å²) in [5, 5.41) is 10.1. The Morgan fingerprint density at radius 2 is 2.06 bits per heavy atom. The normalized spacial score (nSPS) is 26.7. The van der Waals surface area contributed by atoms with Gasteiger partial charge in [0.15, 0.2) is 0 Å². The number of hydrogen-bond acceptors (Lipinski definition) is 4. The molecule has 0 aromatic rings. The van der Waals surface area contributed by atoms with E-state index in [9.17, 15) is 18.7 Å². The summed E-state index contributed by atoms with van der Waals surface area (Å²) in [6.07, 6.45) is 0.237. The van der Waals surface area contributed by atoms with Gasteiger partial charge in [-0.1, -0.05) is 6.92 Å².